The van der Waals surface area contributed by atoms with Crippen LogP contribution in [0.2, 0.25) is 0 Å². The lowest BCUT2D eigenvalue weighted by atomic mass is 10.2. The number of ether oxygens (including phenoxy) is 1. The number of carbonyl (C=O) groups is 1. The predicted molar refractivity (Wildman–Crippen MR) is 72.1 cm³/mol. The molecule has 0 aromatic carbocycles. The van der Waals surface area contributed by atoms with Crippen LogP contribution in [0.1, 0.15) is 37.2 Å². The molecule has 1 saturated carbocycles. The Morgan fingerprint density at radius 1 is 1.50 bits per heavy atom. The molecule has 20 heavy (non-hydrogen) atoms. The van der Waals surface area contributed by atoms with Crippen molar-refractivity contribution in [2.75, 3.05) is 13.7 Å². The van der Waals surface area contributed by atoms with Gasteiger partial charge in [0.1, 0.15) is 17.6 Å². The van der Waals surface area contributed by atoms with E-state index in [4.69, 9.17) is 9.15 Å². The van der Waals surface area contributed by atoms with E-state index in [-0.39, 0.29) is 12.0 Å². The Morgan fingerprint density at radius 2 is 2.25 bits per heavy atom. The van der Waals surface area contributed by atoms with Crippen molar-refractivity contribution >= 4 is 5.97 Å². The van der Waals surface area contributed by atoms with E-state index >= 15 is 0 Å². The SMILES string of the molecule is COC(=O)[C@@H]1C[C@H](O)CN1Cc1ccc([C@@H]2C[C@@H]2C)o1. The third kappa shape index (κ3) is 2.60. The fraction of sp³-hybridized carbons (Fsp3) is 0.667. The number of β-amino-alcohol motifs (C(OH)–C–C–N with tert-alkyl or cyclic N) is 1. The highest BCUT2D eigenvalue weighted by atomic mass is 16.5. The molecule has 0 unspecified atom stereocenters. The second-order valence-electron chi connectivity index (χ2n) is 5.98. The summed E-state index contributed by atoms with van der Waals surface area (Å²) < 4.78 is 10.7. The maximum atomic E-state index is 11.7. The fourth-order valence-corrected chi connectivity index (χ4v) is 3.03. The van der Waals surface area contributed by atoms with Crippen LogP contribution in [0, 0.1) is 5.92 Å². The van der Waals surface area contributed by atoms with Gasteiger partial charge in [-0.2, -0.15) is 0 Å². The first-order chi connectivity index (χ1) is 9.58. The van der Waals surface area contributed by atoms with Crippen LogP contribution in [0.3, 0.4) is 0 Å². The highest BCUT2D eigenvalue weighted by molar-refractivity contribution is 5.76. The third-order valence-corrected chi connectivity index (χ3v) is 4.37. The standard InChI is InChI=1S/C15H21NO4/c1-9-5-12(9)14-4-3-11(20-14)8-16-7-10(17)6-13(16)15(18)19-2/h3-4,9-10,12-13,17H,5-8H2,1-2H3/t9-,10-,12+,13-/m0/s1. The van der Waals surface area contributed by atoms with Gasteiger partial charge in [0, 0.05) is 18.9 Å². The summed E-state index contributed by atoms with van der Waals surface area (Å²) in [5.41, 5.74) is 0. The first-order valence-electron chi connectivity index (χ1n) is 7.17. The summed E-state index contributed by atoms with van der Waals surface area (Å²) in [5, 5.41) is 9.75. The van der Waals surface area contributed by atoms with Crippen molar-refractivity contribution in [2.45, 2.75) is 44.4 Å². The van der Waals surface area contributed by atoms with E-state index in [2.05, 4.69) is 6.92 Å². The Balaban J connectivity index is 1.66. The maximum Gasteiger partial charge on any atom is 0.323 e. The van der Waals surface area contributed by atoms with Crippen LogP contribution in [-0.4, -0.2) is 41.8 Å². The summed E-state index contributed by atoms with van der Waals surface area (Å²) in [6, 6.07) is 3.63. The Bertz CT molecular complexity index is 498. The van der Waals surface area contributed by atoms with Crippen molar-refractivity contribution in [1.29, 1.82) is 0 Å². The molecule has 4 atom stereocenters. The lowest BCUT2D eigenvalue weighted by molar-refractivity contribution is -0.146. The number of methoxy groups -OCH3 is 1. The van der Waals surface area contributed by atoms with Gasteiger partial charge in [-0.05, 0) is 24.5 Å². The minimum Gasteiger partial charge on any atom is -0.468 e. The monoisotopic (exact) mass is 279 g/mol. The normalized spacial score (nSPS) is 33.4. The molecule has 1 aromatic heterocycles. The van der Waals surface area contributed by atoms with E-state index in [9.17, 15) is 9.90 Å². The molecule has 0 amide bonds. The molecule has 3 rings (SSSR count). The fourth-order valence-electron chi connectivity index (χ4n) is 3.03. The van der Waals surface area contributed by atoms with Crippen molar-refractivity contribution in [3.8, 4) is 0 Å². The van der Waals surface area contributed by atoms with Gasteiger partial charge in [-0.25, -0.2) is 0 Å². The number of esters is 1. The lowest BCUT2D eigenvalue weighted by Gasteiger charge is -2.20. The minimum atomic E-state index is -0.475. The van der Waals surface area contributed by atoms with Crippen LogP contribution in [-0.2, 0) is 16.1 Å². The van der Waals surface area contributed by atoms with Gasteiger partial charge >= 0.3 is 5.97 Å². The number of aliphatic hydroxyl groups is 1. The van der Waals surface area contributed by atoms with Crippen molar-refractivity contribution in [3.05, 3.63) is 23.7 Å². The van der Waals surface area contributed by atoms with Gasteiger partial charge in [-0.15, -0.1) is 0 Å². The maximum absolute atomic E-state index is 11.7. The van der Waals surface area contributed by atoms with Crippen LogP contribution in [0.4, 0.5) is 0 Å². The quantitative estimate of drug-likeness (QED) is 0.846. The van der Waals surface area contributed by atoms with Crippen molar-refractivity contribution in [2.24, 2.45) is 5.92 Å². The molecule has 1 N–H and O–H groups in total. The van der Waals surface area contributed by atoms with E-state index in [1.54, 1.807) is 0 Å². The first-order valence-corrected chi connectivity index (χ1v) is 7.17. The molecule has 1 aliphatic carbocycles. The number of nitrogens with zero attached hydrogens (tertiary/aromatic N) is 1. The number of likely N-dealkylation sites (tertiary alicyclic amines) is 1. The summed E-state index contributed by atoms with van der Waals surface area (Å²) in [7, 11) is 1.38. The summed E-state index contributed by atoms with van der Waals surface area (Å²) in [5.74, 6) is 2.88. The molecule has 1 aromatic rings. The average molecular weight is 279 g/mol. The van der Waals surface area contributed by atoms with E-state index < -0.39 is 6.10 Å². The largest absolute Gasteiger partial charge is 0.468 e. The number of furan rings is 1. The molecule has 1 saturated heterocycles. The Kier molecular flexibility index (Phi) is 3.56. The van der Waals surface area contributed by atoms with Crippen LogP contribution < -0.4 is 0 Å². The zero-order chi connectivity index (χ0) is 14.3. The van der Waals surface area contributed by atoms with Gasteiger partial charge in [0.2, 0.25) is 0 Å². The van der Waals surface area contributed by atoms with E-state index in [1.165, 1.54) is 13.5 Å². The summed E-state index contributed by atoms with van der Waals surface area (Å²) in [4.78, 5) is 13.6. The summed E-state index contributed by atoms with van der Waals surface area (Å²) in [6.45, 7) is 3.24. The van der Waals surface area contributed by atoms with Gasteiger partial charge in [0.05, 0.1) is 19.8 Å². The molecular formula is C15H21NO4. The Hall–Kier alpha value is -1.33. The molecule has 0 spiro atoms. The molecule has 1 aliphatic heterocycles. The minimum absolute atomic E-state index is 0.288. The zero-order valence-electron chi connectivity index (χ0n) is 11.9. The number of hydrogen-bond acceptors (Lipinski definition) is 5. The molecule has 5 heteroatoms. The lowest BCUT2D eigenvalue weighted by Crippen LogP contribution is -2.36. The Morgan fingerprint density at radius 3 is 2.90 bits per heavy atom. The molecular weight excluding hydrogens is 258 g/mol. The van der Waals surface area contributed by atoms with E-state index in [1.807, 2.05) is 17.0 Å². The van der Waals surface area contributed by atoms with Crippen LogP contribution >= 0.6 is 0 Å². The highest BCUT2D eigenvalue weighted by Gasteiger charge is 2.38. The van der Waals surface area contributed by atoms with Gasteiger partial charge < -0.3 is 14.3 Å². The second-order valence-corrected chi connectivity index (χ2v) is 5.98. The molecule has 0 radical (unpaired) electrons. The number of carbonyl (C=O) groups excluding carboxylic acids is 1. The topological polar surface area (TPSA) is 62.9 Å². The molecule has 2 heterocycles. The highest BCUT2D eigenvalue weighted by Crippen LogP contribution is 2.47. The third-order valence-electron chi connectivity index (χ3n) is 4.37. The Labute approximate surface area is 118 Å². The second kappa shape index (κ2) is 5.22. The van der Waals surface area contributed by atoms with E-state index in [0.717, 1.165) is 11.5 Å². The number of rotatable bonds is 4. The van der Waals surface area contributed by atoms with Crippen LogP contribution in [0.15, 0.2) is 16.5 Å². The molecule has 0 bridgehead atoms. The van der Waals surface area contributed by atoms with Gasteiger partial charge in [0.15, 0.2) is 0 Å². The summed E-state index contributed by atoms with van der Waals surface area (Å²) >= 11 is 0. The molecule has 5 nitrogen and oxygen atoms in total. The molecule has 2 fully saturated rings. The molecule has 2 aliphatic rings. The molecule has 110 valence electrons. The average Bonchev–Trinajstić information content (AvgIpc) is 2.85. The zero-order valence-corrected chi connectivity index (χ0v) is 11.9. The van der Waals surface area contributed by atoms with Crippen LogP contribution in [0.5, 0.6) is 0 Å². The van der Waals surface area contributed by atoms with Crippen molar-refractivity contribution in [3.63, 3.8) is 0 Å². The smallest absolute Gasteiger partial charge is 0.323 e. The van der Waals surface area contributed by atoms with Gasteiger partial charge in [0.25, 0.3) is 0 Å². The number of aliphatic hydroxyl groups excluding tert-OH is 1. The van der Waals surface area contributed by atoms with Crippen molar-refractivity contribution in [1.82, 2.24) is 4.90 Å². The number of hydrogen-bond donors (Lipinski definition) is 1. The van der Waals surface area contributed by atoms with Gasteiger partial charge in [-0.3, -0.25) is 9.69 Å². The van der Waals surface area contributed by atoms with E-state index in [0.29, 0.717) is 31.3 Å². The predicted octanol–water partition coefficient (Wildman–Crippen LogP) is 1.51. The summed E-state index contributed by atoms with van der Waals surface area (Å²) in [6.07, 6.45) is 1.15. The first kappa shape index (κ1) is 13.6. The van der Waals surface area contributed by atoms with Crippen LogP contribution in [0.25, 0.3) is 0 Å². The van der Waals surface area contributed by atoms with Gasteiger partial charge in [-0.1, -0.05) is 6.92 Å². The van der Waals surface area contributed by atoms with Crippen molar-refractivity contribution < 1.29 is 19.1 Å².